The third-order valence-corrected chi connectivity index (χ3v) is 5.50. The number of ether oxygens (including phenoxy) is 1. The summed E-state index contributed by atoms with van der Waals surface area (Å²) in [6.07, 6.45) is 0. The molecule has 0 spiro atoms. The van der Waals surface area contributed by atoms with Crippen LogP contribution in [-0.4, -0.2) is 15.1 Å². The maximum absolute atomic E-state index is 11.1. The highest BCUT2D eigenvalue weighted by Crippen LogP contribution is 2.48. The molecule has 3 N–H and O–H groups in total. The Morgan fingerprint density at radius 2 is 2.07 bits per heavy atom. The van der Waals surface area contributed by atoms with E-state index in [1.807, 2.05) is 0 Å². The zero-order chi connectivity index (χ0) is 19.1. The van der Waals surface area contributed by atoms with Crippen molar-refractivity contribution in [3.05, 3.63) is 73.4 Å². The molecule has 0 aliphatic carbocycles. The van der Waals surface area contributed by atoms with Crippen molar-refractivity contribution in [2.24, 2.45) is 5.73 Å². The monoisotopic (exact) mass is 399 g/mol. The van der Waals surface area contributed by atoms with E-state index in [4.69, 9.17) is 22.1 Å². The Balaban J connectivity index is 1.92. The number of nitrogens with two attached hydrogens (primary N) is 1. The summed E-state index contributed by atoms with van der Waals surface area (Å²) in [5.74, 6) is -0.459. The molecule has 0 amide bonds. The van der Waals surface area contributed by atoms with Crippen molar-refractivity contribution in [3.63, 3.8) is 0 Å². The summed E-state index contributed by atoms with van der Waals surface area (Å²) < 4.78 is 5.50. The van der Waals surface area contributed by atoms with Gasteiger partial charge in [-0.1, -0.05) is 35.1 Å². The van der Waals surface area contributed by atoms with Crippen LogP contribution in [0.1, 0.15) is 16.4 Å². The average Bonchev–Trinajstić information content (AvgIpc) is 3.28. The normalized spacial score (nSPS) is 15.8. The maximum Gasteiger partial charge on any atom is 0.324 e. The van der Waals surface area contributed by atoms with Crippen molar-refractivity contribution < 1.29 is 9.66 Å². The highest BCUT2D eigenvalue weighted by Gasteiger charge is 2.37. The molecule has 3 aromatic rings. The number of hydrogen-bond donors (Lipinski definition) is 2. The van der Waals surface area contributed by atoms with Gasteiger partial charge in [0.2, 0.25) is 11.8 Å². The van der Waals surface area contributed by atoms with Gasteiger partial charge in [-0.25, -0.2) is 0 Å². The number of nitro groups is 1. The Bertz CT molecular complexity index is 1130. The fourth-order valence-corrected chi connectivity index (χ4v) is 4.03. The Morgan fingerprint density at radius 1 is 1.33 bits per heavy atom. The number of nitrogens with zero attached hydrogens (tertiary/aromatic N) is 3. The molecule has 0 bridgehead atoms. The van der Waals surface area contributed by atoms with Gasteiger partial charge >= 0.3 is 5.00 Å². The molecule has 0 radical (unpaired) electrons. The molecule has 1 atom stereocenters. The minimum atomic E-state index is -0.623. The van der Waals surface area contributed by atoms with Crippen LogP contribution in [0, 0.1) is 21.4 Å². The second kappa shape index (κ2) is 6.42. The molecular weight excluding hydrogens is 390 g/mol. The highest BCUT2D eigenvalue weighted by atomic mass is 35.5. The summed E-state index contributed by atoms with van der Waals surface area (Å²) in [4.78, 5) is 11.2. The first-order chi connectivity index (χ1) is 13.0. The Morgan fingerprint density at radius 3 is 2.70 bits per heavy atom. The first-order valence-corrected chi connectivity index (χ1v) is 8.85. The SMILES string of the molecule is N#CC1=C(N)Oc2n[nH]c(-c3ccc(Cl)cc3)c2[C@H]1c1ccc([N+](=O)[O-])s1. The van der Waals surface area contributed by atoms with Crippen LogP contribution in [0.25, 0.3) is 11.3 Å². The quantitative estimate of drug-likeness (QED) is 0.507. The van der Waals surface area contributed by atoms with E-state index in [9.17, 15) is 15.4 Å². The summed E-state index contributed by atoms with van der Waals surface area (Å²) in [6, 6.07) is 12.2. The van der Waals surface area contributed by atoms with Gasteiger partial charge in [0.05, 0.1) is 22.1 Å². The van der Waals surface area contributed by atoms with Crippen LogP contribution >= 0.6 is 22.9 Å². The van der Waals surface area contributed by atoms with E-state index in [-0.39, 0.29) is 22.3 Å². The maximum atomic E-state index is 11.1. The van der Waals surface area contributed by atoms with Crippen LogP contribution in [0.5, 0.6) is 5.88 Å². The number of H-pyrrole nitrogens is 1. The number of aromatic nitrogens is 2. The van der Waals surface area contributed by atoms with Crippen LogP contribution in [0.4, 0.5) is 5.00 Å². The largest absolute Gasteiger partial charge is 0.420 e. The molecule has 8 nitrogen and oxygen atoms in total. The second-order valence-corrected chi connectivity index (χ2v) is 7.21. The molecule has 0 unspecified atom stereocenters. The number of benzene rings is 1. The van der Waals surface area contributed by atoms with Crippen LogP contribution in [0.2, 0.25) is 5.02 Å². The zero-order valence-corrected chi connectivity index (χ0v) is 15.0. The van der Waals surface area contributed by atoms with Crippen molar-refractivity contribution in [2.75, 3.05) is 0 Å². The van der Waals surface area contributed by atoms with Gasteiger partial charge in [-0.2, -0.15) is 5.26 Å². The third kappa shape index (κ3) is 2.81. The smallest absolute Gasteiger partial charge is 0.324 e. The fourth-order valence-electron chi connectivity index (χ4n) is 2.96. The first-order valence-electron chi connectivity index (χ1n) is 7.65. The van der Waals surface area contributed by atoms with Gasteiger partial charge in [0, 0.05) is 21.5 Å². The van der Waals surface area contributed by atoms with E-state index in [0.717, 1.165) is 16.9 Å². The number of allylic oxidation sites excluding steroid dienone is 1. The number of hydrogen-bond acceptors (Lipinski definition) is 7. The highest BCUT2D eigenvalue weighted by molar-refractivity contribution is 7.15. The lowest BCUT2D eigenvalue weighted by atomic mass is 9.87. The minimum absolute atomic E-state index is 0.0227. The molecular formula is C17H10ClN5O3S. The van der Waals surface area contributed by atoms with Gasteiger partial charge in [-0.3, -0.25) is 15.2 Å². The van der Waals surface area contributed by atoms with E-state index in [2.05, 4.69) is 16.3 Å². The molecule has 3 heterocycles. The summed E-state index contributed by atoms with van der Waals surface area (Å²) in [7, 11) is 0. The van der Waals surface area contributed by atoms with Crippen LogP contribution in [0.3, 0.4) is 0 Å². The number of halogens is 1. The van der Waals surface area contributed by atoms with Gasteiger partial charge in [0.1, 0.15) is 11.6 Å². The van der Waals surface area contributed by atoms with Gasteiger partial charge in [-0.15, -0.1) is 5.10 Å². The van der Waals surface area contributed by atoms with E-state index in [1.54, 1.807) is 30.3 Å². The second-order valence-electron chi connectivity index (χ2n) is 5.68. The Hall–Kier alpha value is -3.35. The van der Waals surface area contributed by atoms with Crippen LogP contribution in [0.15, 0.2) is 47.9 Å². The minimum Gasteiger partial charge on any atom is -0.420 e. The zero-order valence-electron chi connectivity index (χ0n) is 13.5. The van der Waals surface area contributed by atoms with Crippen molar-refractivity contribution in [1.29, 1.82) is 5.26 Å². The summed E-state index contributed by atoms with van der Waals surface area (Å²) in [6.45, 7) is 0. The number of rotatable bonds is 3. The van der Waals surface area contributed by atoms with Crippen molar-refractivity contribution in [2.45, 2.75) is 5.92 Å². The van der Waals surface area contributed by atoms with Gasteiger partial charge in [0.25, 0.3) is 0 Å². The van der Waals surface area contributed by atoms with Gasteiger partial charge < -0.3 is 10.5 Å². The van der Waals surface area contributed by atoms with Gasteiger partial charge in [-0.05, 0) is 18.2 Å². The van der Waals surface area contributed by atoms with Crippen LogP contribution in [-0.2, 0) is 0 Å². The first kappa shape index (κ1) is 17.1. The van der Waals surface area contributed by atoms with Crippen molar-refractivity contribution in [3.8, 4) is 23.2 Å². The standard InChI is InChI=1S/C17H10ClN5O3S/c18-9-3-1-8(2-4-9)15-14-13(11-5-6-12(27-11)23(24)25)10(7-19)16(20)26-17(14)22-21-15/h1-6,13H,20H2,(H,21,22)/t13-/m1/s1. The van der Waals surface area contributed by atoms with E-state index in [0.29, 0.717) is 21.2 Å². The van der Waals surface area contributed by atoms with Crippen LogP contribution < -0.4 is 10.5 Å². The molecule has 0 fully saturated rings. The fraction of sp³-hybridized carbons (Fsp3) is 0.0588. The van der Waals surface area contributed by atoms with Gasteiger partial charge in [0.15, 0.2) is 0 Å². The van der Waals surface area contributed by atoms with Crippen molar-refractivity contribution in [1.82, 2.24) is 10.2 Å². The molecule has 1 aromatic carbocycles. The molecule has 0 saturated heterocycles. The molecule has 10 heteroatoms. The Kier molecular flexibility index (Phi) is 4.07. The number of thiophene rings is 1. The number of aromatic amines is 1. The van der Waals surface area contributed by atoms with Crippen molar-refractivity contribution >= 4 is 27.9 Å². The number of fused-ring (bicyclic) bond motifs is 1. The number of nitrogens with one attached hydrogen (secondary N) is 1. The molecule has 2 aromatic heterocycles. The molecule has 0 saturated carbocycles. The molecule has 1 aliphatic rings. The predicted molar refractivity (Wildman–Crippen MR) is 99.3 cm³/mol. The molecule has 27 heavy (non-hydrogen) atoms. The topological polar surface area (TPSA) is 131 Å². The predicted octanol–water partition coefficient (Wildman–Crippen LogP) is 3.92. The molecule has 1 aliphatic heterocycles. The average molecular weight is 400 g/mol. The summed E-state index contributed by atoms with van der Waals surface area (Å²) in [5, 5.41) is 28.3. The summed E-state index contributed by atoms with van der Waals surface area (Å²) >= 11 is 6.94. The number of nitriles is 1. The Labute approximate surface area is 161 Å². The lowest BCUT2D eigenvalue weighted by Crippen LogP contribution is -2.20. The summed E-state index contributed by atoms with van der Waals surface area (Å²) in [5.41, 5.74) is 8.09. The lowest BCUT2D eigenvalue weighted by Gasteiger charge is -2.22. The molecule has 134 valence electrons. The van der Waals surface area contributed by atoms with E-state index < -0.39 is 10.8 Å². The lowest BCUT2D eigenvalue weighted by molar-refractivity contribution is -0.380. The molecule has 4 rings (SSSR count). The van der Waals surface area contributed by atoms with E-state index in [1.165, 1.54) is 6.07 Å². The van der Waals surface area contributed by atoms with E-state index >= 15 is 0 Å². The third-order valence-electron chi connectivity index (χ3n) is 4.15.